The van der Waals surface area contributed by atoms with Crippen molar-refractivity contribution in [1.82, 2.24) is 58.6 Å². The molecule has 0 spiro atoms. The highest BCUT2D eigenvalue weighted by molar-refractivity contribution is 6.28. The summed E-state index contributed by atoms with van der Waals surface area (Å²) >= 11 is 5.92. The van der Waals surface area contributed by atoms with Crippen molar-refractivity contribution < 1.29 is 38.2 Å². The van der Waals surface area contributed by atoms with E-state index in [0.717, 1.165) is 86.3 Å². The van der Waals surface area contributed by atoms with Gasteiger partial charge in [-0.2, -0.15) is 9.97 Å². The van der Waals surface area contributed by atoms with E-state index in [1.54, 1.807) is 101 Å². The Hall–Kier alpha value is -8.15. The molecule has 4 bridgehead atoms. The highest BCUT2D eigenvalue weighted by Gasteiger charge is 2.46. The maximum atomic E-state index is 13.2. The van der Waals surface area contributed by atoms with E-state index in [0.29, 0.717) is 65.9 Å². The van der Waals surface area contributed by atoms with Crippen LogP contribution < -0.4 is 20.9 Å². The molecule has 6 amide bonds. The molecule has 464 valence electrons. The number of ether oxygens (including phenoxy) is 2. The molecule has 2 aliphatic carbocycles. The Kier molecular flexibility index (Phi) is 18.0. The largest absolute Gasteiger partial charge is 0.444 e. The van der Waals surface area contributed by atoms with Crippen LogP contribution in [-0.4, -0.2) is 171 Å². The van der Waals surface area contributed by atoms with Gasteiger partial charge < -0.3 is 49.3 Å². The van der Waals surface area contributed by atoms with Crippen molar-refractivity contribution in [3.8, 4) is 0 Å². The predicted molar refractivity (Wildman–Crippen MR) is 331 cm³/mol. The number of halogens is 1. The van der Waals surface area contributed by atoms with Crippen molar-refractivity contribution >= 4 is 98.4 Å². The molecule has 6 aromatic heterocycles. The molecular weight excluding hydrogens is 1130 g/mol. The molecule has 87 heavy (non-hydrogen) atoms. The van der Waals surface area contributed by atoms with Crippen LogP contribution in [0.25, 0.3) is 22.1 Å². The van der Waals surface area contributed by atoms with E-state index in [1.807, 2.05) is 59.7 Å². The van der Waals surface area contributed by atoms with Gasteiger partial charge in [0.05, 0.1) is 35.9 Å². The molecule has 0 radical (unpaired) electrons. The van der Waals surface area contributed by atoms with Gasteiger partial charge in [0.25, 0.3) is 11.8 Å². The minimum Gasteiger partial charge on any atom is -0.444 e. The Morgan fingerprint density at radius 1 is 0.563 bits per heavy atom. The van der Waals surface area contributed by atoms with Crippen LogP contribution in [0, 0.1) is 0 Å². The first-order chi connectivity index (χ1) is 41.3. The van der Waals surface area contributed by atoms with Crippen LogP contribution in [0.5, 0.6) is 0 Å². The standard InChI is InChI=1S/C31H40N8O4.C17H24N4O3.C14H17ClN4O/c1-31(2,3)43-30(42)38-21-10-11-23(38)18-37(26(40)15-21)22-12-13-25(32-17-22)34-29-33-16-19-14-24(28(41)36(4)5)39(27(19)35-29)20-8-6-7-9-20;1-17(2,3)24-16(23)21-11-4-5-13(21)10-20(15(22)8-11)12-6-7-14(18)19-9-12;1-18(2)13(20)11-7-9-8-16-14(15)17-12(9)19(11)10-5-3-4-6-10/h12-14,16-17,20-21,23H,6-11,15,18H2,1-5H3,(H,32,33,34,35);6-7,9,11,13H,4-5,8,10H2,1-3H3,(H2,18,19);7-8,10H,3-6H2,1-2H3. The first-order valence-electron chi connectivity index (χ1n) is 30.2. The lowest BCUT2D eigenvalue weighted by molar-refractivity contribution is -0.119. The number of hydrogen-bond donors (Lipinski definition) is 2. The second-order valence-electron chi connectivity index (χ2n) is 25.9. The Bertz CT molecular complexity index is 3530. The summed E-state index contributed by atoms with van der Waals surface area (Å²) in [5.74, 6) is 1.23. The Morgan fingerprint density at radius 3 is 1.43 bits per heavy atom. The third-order valence-electron chi connectivity index (χ3n) is 16.8. The van der Waals surface area contributed by atoms with Gasteiger partial charge >= 0.3 is 12.2 Å². The Balaban J connectivity index is 0.000000160. The number of rotatable bonds is 8. The van der Waals surface area contributed by atoms with E-state index in [2.05, 4.69) is 39.4 Å². The Morgan fingerprint density at radius 2 is 1.00 bits per heavy atom. The lowest BCUT2D eigenvalue weighted by Crippen LogP contribution is -2.45. The van der Waals surface area contributed by atoms with Crippen LogP contribution in [0.4, 0.5) is 38.5 Å². The molecule has 3 N–H and O–H groups in total. The summed E-state index contributed by atoms with van der Waals surface area (Å²) in [6.45, 7) is 12.0. The zero-order chi connectivity index (χ0) is 62.2. The number of nitrogens with zero attached hydrogens (tertiary/aromatic N) is 14. The SMILES string of the molecule is CC(C)(C)OC(=O)N1C2CCC1CN(c1ccc(N)nc1)C(=O)C2.CN(C)C(=O)c1cc2cnc(Cl)nc2n1C1CCCC1.CN(C)C(=O)c1cc2cnc(Nc3ccc(N4CC5CCC(CC4=O)N5C(=O)OC(C)(C)C)cn3)nc2n1C1CCCC1. The molecule has 4 aliphatic heterocycles. The van der Waals surface area contributed by atoms with Crippen LogP contribution in [-0.2, 0) is 19.1 Å². The van der Waals surface area contributed by atoms with Gasteiger partial charge in [-0.15, -0.1) is 0 Å². The summed E-state index contributed by atoms with van der Waals surface area (Å²) < 4.78 is 15.3. The molecule has 4 atom stereocenters. The second kappa shape index (κ2) is 25.3. The molecule has 4 unspecified atom stereocenters. The van der Waals surface area contributed by atoms with E-state index < -0.39 is 11.2 Å². The zero-order valence-corrected chi connectivity index (χ0v) is 52.3. The molecule has 10 heterocycles. The molecule has 25 heteroatoms. The molecule has 12 rings (SSSR count). The van der Waals surface area contributed by atoms with Crippen molar-refractivity contribution in [3.63, 3.8) is 0 Å². The monoisotopic (exact) mass is 1210 g/mol. The van der Waals surface area contributed by atoms with Crippen molar-refractivity contribution in [1.29, 1.82) is 0 Å². The van der Waals surface area contributed by atoms with Gasteiger partial charge in [0.1, 0.15) is 45.5 Å². The van der Waals surface area contributed by atoms with Gasteiger partial charge in [-0.1, -0.05) is 25.7 Å². The molecule has 0 aromatic carbocycles. The summed E-state index contributed by atoms with van der Waals surface area (Å²) in [4.78, 5) is 113. The minimum absolute atomic E-state index is 0.00216. The van der Waals surface area contributed by atoms with Gasteiger partial charge in [-0.05, 0) is 141 Å². The number of nitrogens with two attached hydrogens (primary N) is 1. The lowest BCUT2D eigenvalue weighted by Gasteiger charge is -2.31. The minimum atomic E-state index is -0.598. The molecule has 6 fully saturated rings. The molecule has 6 aliphatic rings. The molecular formula is C62H81ClN16O8. The first kappa shape index (κ1) is 61.9. The number of amides is 6. The summed E-state index contributed by atoms with van der Waals surface area (Å²) in [6, 6.07) is 11.0. The van der Waals surface area contributed by atoms with E-state index in [-0.39, 0.29) is 77.7 Å². The van der Waals surface area contributed by atoms with Crippen LogP contribution in [0.2, 0.25) is 5.28 Å². The zero-order valence-electron chi connectivity index (χ0n) is 51.5. The van der Waals surface area contributed by atoms with Crippen molar-refractivity contribution in [3.05, 3.63) is 77.9 Å². The number of carbonyl (C=O) groups excluding carboxylic acids is 6. The normalized spacial score (nSPS) is 20.6. The van der Waals surface area contributed by atoms with Crippen molar-refractivity contribution in [2.24, 2.45) is 0 Å². The average Bonchev–Trinajstić information content (AvgIpc) is 2.61. The topological polar surface area (TPSA) is 266 Å². The van der Waals surface area contributed by atoms with Crippen LogP contribution in [0.1, 0.15) is 164 Å². The highest BCUT2D eigenvalue weighted by atomic mass is 35.5. The van der Waals surface area contributed by atoms with Gasteiger partial charge in [0.2, 0.25) is 23.0 Å². The first-order valence-corrected chi connectivity index (χ1v) is 30.6. The molecule has 4 saturated heterocycles. The number of nitrogens with one attached hydrogen (secondary N) is 1. The van der Waals surface area contributed by atoms with Crippen LogP contribution in [0.15, 0.2) is 61.2 Å². The molecule has 24 nitrogen and oxygen atoms in total. The molecule has 2 saturated carbocycles. The fraction of sp³-hybridized carbons (Fsp3) is 0.548. The van der Waals surface area contributed by atoms with Crippen LogP contribution >= 0.6 is 11.6 Å². The lowest BCUT2D eigenvalue weighted by atomic mass is 10.1. The smallest absolute Gasteiger partial charge is 0.410 e. The number of aromatic nitrogens is 8. The van der Waals surface area contributed by atoms with Crippen molar-refractivity contribution in [2.45, 2.75) is 179 Å². The maximum Gasteiger partial charge on any atom is 0.410 e. The summed E-state index contributed by atoms with van der Waals surface area (Å²) in [5.41, 5.74) is 8.65. The predicted octanol–water partition coefficient (Wildman–Crippen LogP) is 9.96. The third kappa shape index (κ3) is 13.8. The third-order valence-corrected chi connectivity index (χ3v) is 17.0. The van der Waals surface area contributed by atoms with Gasteiger partial charge in [0.15, 0.2) is 0 Å². The Labute approximate surface area is 512 Å². The summed E-state index contributed by atoms with van der Waals surface area (Å²) in [6.07, 6.45) is 18.7. The number of carbonyl (C=O) groups is 6. The van der Waals surface area contributed by atoms with E-state index in [1.165, 1.54) is 12.8 Å². The fourth-order valence-corrected chi connectivity index (χ4v) is 13.0. The number of pyridine rings is 2. The number of fused-ring (bicyclic) bond motifs is 6. The summed E-state index contributed by atoms with van der Waals surface area (Å²) in [7, 11) is 7.04. The molecule has 6 aromatic rings. The van der Waals surface area contributed by atoms with Gasteiger partial charge in [-0.25, -0.2) is 29.5 Å². The number of nitrogen functional groups attached to an aromatic ring is 1. The van der Waals surface area contributed by atoms with Gasteiger partial charge in [-0.3, -0.25) is 29.0 Å². The second-order valence-corrected chi connectivity index (χ2v) is 26.2. The van der Waals surface area contributed by atoms with E-state index in [4.69, 9.17) is 31.8 Å². The van der Waals surface area contributed by atoms with Crippen LogP contribution in [0.3, 0.4) is 0 Å². The van der Waals surface area contributed by atoms with E-state index >= 15 is 0 Å². The summed E-state index contributed by atoms with van der Waals surface area (Å²) in [5, 5.41) is 5.09. The van der Waals surface area contributed by atoms with E-state index in [9.17, 15) is 28.8 Å². The number of anilines is 5. The maximum absolute atomic E-state index is 13.2. The quantitative estimate of drug-likeness (QED) is 0.134. The van der Waals surface area contributed by atoms with Gasteiger partial charge in [0, 0.05) is 101 Å². The fourth-order valence-electron chi connectivity index (χ4n) is 12.9. The average molecular weight is 1210 g/mol. The highest BCUT2D eigenvalue weighted by Crippen LogP contribution is 2.39. The van der Waals surface area contributed by atoms with Crippen molar-refractivity contribution in [2.75, 3.05) is 62.1 Å². The number of hydrogen-bond acceptors (Lipinski definition) is 16.